The summed E-state index contributed by atoms with van der Waals surface area (Å²) in [6.07, 6.45) is 5.91. The van der Waals surface area contributed by atoms with E-state index in [9.17, 15) is 5.11 Å². The Labute approximate surface area is 101 Å². The third kappa shape index (κ3) is 5.31. The Kier molecular flexibility index (Phi) is 5.26. The van der Waals surface area contributed by atoms with Crippen LogP contribution in [0.15, 0.2) is 0 Å². The zero-order valence-electron chi connectivity index (χ0n) is 11.4. The van der Waals surface area contributed by atoms with Gasteiger partial charge in [0.25, 0.3) is 0 Å². The van der Waals surface area contributed by atoms with Crippen LogP contribution in [0.4, 0.5) is 0 Å². The van der Waals surface area contributed by atoms with Gasteiger partial charge in [-0.15, -0.1) is 0 Å². The summed E-state index contributed by atoms with van der Waals surface area (Å²) < 4.78 is 0. The summed E-state index contributed by atoms with van der Waals surface area (Å²) in [7, 11) is 0. The Balaban J connectivity index is 2.19. The summed E-state index contributed by atoms with van der Waals surface area (Å²) in [5.41, 5.74) is -0.532. The minimum absolute atomic E-state index is 0.532. The van der Waals surface area contributed by atoms with E-state index in [1.54, 1.807) is 0 Å². The Morgan fingerprint density at radius 3 is 2.56 bits per heavy atom. The molecule has 0 radical (unpaired) electrons. The molecule has 1 aliphatic carbocycles. The van der Waals surface area contributed by atoms with E-state index in [0.29, 0.717) is 12.0 Å². The highest BCUT2D eigenvalue weighted by Gasteiger charge is 2.25. The summed E-state index contributed by atoms with van der Waals surface area (Å²) >= 11 is 0. The molecule has 2 nitrogen and oxygen atoms in total. The molecular weight excluding hydrogens is 198 g/mol. The van der Waals surface area contributed by atoms with Crippen molar-refractivity contribution in [1.82, 2.24) is 5.32 Å². The van der Waals surface area contributed by atoms with Crippen LogP contribution in [-0.2, 0) is 0 Å². The monoisotopic (exact) mass is 227 g/mol. The second kappa shape index (κ2) is 6.02. The van der Waals surface area contributed by atoms with Gasteiger partial charge in [0, 0.05) is 12.6 Å². The molecule has 3 atom stereocenters. The highest BCUT2D eigenvalue weighted by atomic mass is 16.3. The molecule has 1 rings (SSSR count). The van der Waals surface area contributed by atoms with Gasteiger partial charge in [-0.1, -0.05) is 20.8 Å². The fourth-order valence-electron chi connectivity index (χ4n) is 2.44. The van der Waals surface area contributed by atoms with E-state index >= 15 is 0 Å². The van der Waals surface area contributed by atoms with Crippen molar-refractivity contribution >= 4 is 0 Å². The van der Waals surface area contributed by atoms with Crippen molar-refractivity contribution in [2.75, 3.05) is 6.54 Å². The predicted molar refractivity (Wildman–Crippen MR) is 69.5 cm³/mol. The first-order valence-corrected chi connectivity index (χ1v) is 6.85. The molecule has 2 N–H and O–H groups in total. The van der Waals surface area contributed by atoms with Crippen LogP contribution >= 0.6 is 0 Å². The second-order valence-corrected chi connectivity index (χ2v) is 6.43. The van der Waals surface area contributed by atoms with Crippen molar-refractivity contribution in [3.63, 3.8) is 0 Å². The smallest absolute Gasteiger partial charge is 0.0743 e. The molecular formula is C14H29NO. The Hall–Kier alpha value is -0.0800. The van der Waals surface area contributed by atoms with Crippen LogP contribution < -0.4 is 5.32 Å². The average Bonchev–Trinajstić information content (AvgIpc) is 2.59. The molecule has 0 spiro atoms. The molecule has 1 saturated carbocycles. The molecule has 1 aliphatic rings. The molecule has 16 heavy (non-hydrogen) atoms. The van der Waals surface area contributed by atoms with Gasteiger partial charge < -0.3 is 10.4 Å². The largest absolute Gasteiger partial charge is 0.389 e. The second-order valence-electron chi connectivity index (χ2n) is 6.43. The van der Waals surface area contributed by atoms with Crippen LogP contribution in [0.25, 0.3) is 0 Å². The summed E-state index contributed by atoms with van der Waals surface area (Å²) in [6.45, 7) is 9.45. The maximum absolute atomic E-state index is 10.2. The normalized spacial score (nSPS) is 29.6. The van der Waals surface area contributed by atoms with Crippen molar-refractivity contribution in [3.05, 3.63) is 0 Å². The van der Waals surface area contributed by atoms with Gasteiger partial charge in [-0.05, 0) is 50.9 Å². The first kappa shape index (κ1) is 14.0. The fraction of sp³-hybridized carbons (Fsp3) is 1.00. The quantitative estimate of drug-likeness (QED) is 0.731. The van der Waals surface area contributed by atoms with Crippen LogP contribution in [0.5, 0.6) is 0 Å². The van der Waals surface area contributed by atoms with E-state index < -0.39 is 5.60 Å². The van der Waals surface area contributed by atoms with E-state index in [0.717, 1.165) is 25.3 Å². The van der Waals surface area contributed by atoms with Crippen LogP contribution in [0.3, 0.4) is 0 Å². The average molecular weight is 227 g/mol. The lowest BCUT2D eigenvalue weighted by molar-refractivity contribution is 0.0426. The van der Waals surface area contributed by atoms with Gasteiger partial charge in [0.05, 0.1) is 5.60 Å². The van der Waals surface area contributed by atoms with E-state index in [2.05, 4.69) is 26.1 Å². The standard InChI is InChI=1S/C14H29NO/c1-11(2)7-8-14(4,16)10-15-13-6-5-12(3)9-13/h11-13,15-16H,5-10H2,1-4H3. The van der Waals surface area contributed by atoms with E-state index in [4.69, 9.17) is 0 Å². The van der Waals surface area contributed by atoms with Gasteiger partial charge in [-0.3, -0.25) is 0 Å². The van der Waals surface area contributed by atoms with Gasteiger partial charge in [0.1, 0.15) is 0 Å². The molecule has 1 fully saturated rings. The lowest BCUT2D eigenvalue weighted by Crippen LogP contribution is -2.42. The van der Waals surface area contributed by atoms with Crippen molar-refractivity contribution < 1.29 is 5.11 Å². The summed E-state index contributed by atoms with van der Waals surface area (Å²) in [6, 6.07) is 0.639. The molecule has 0 saturated heterocycles. The molecule has 3 unspecified atom stereocenters. The van der Waals surface area contributed by atoms with Crippen LogP contribution in [0.1, 0.15) is 59.8 Å². The van der Waals surface area contributed by atoms with Gasteiger partial charge in [-0.2, -0.15) is 0 Å². The minimum Gasteiger partial charge on any atom is -0.389 e. The number of rotatable bonds is 6. The predicted octanol–water partition coefficient (Wildman–Crippen LogP) is 2.95. The number of aliphatic hydroxyl groups is 1. The zero-order valence-corrected chi connectivity index (χ0v) is 11.4. The molecule has 96 valence electrons. The van der Waals surface area contributed by atoms with Crippen LogP contribution in [0, 0.1) is 11.8 Å². The van der Waals surface area contributed by atoms with E-state index in [-0.39, 0.29) is 0 Å². The van der Waals surface area contributed by atoms with Gasteiger partial charge in [0.2, 0.25) is 0 Å². The van der Waals surface area contributed by atoms with Crippen molar-refractivity contribution in [3.8, 4) is 0 Å². The number of hydrogen-bond donors (Lipinski definition) is 2. The van der Waals surface area contributed by atoms with E-state index in [1.807, 2.05) is 6.92 Å². The molecule has 2 heteroatoms. The zero-order chi connectivity index (χ0) is 12.2. The van der Waals surface area contributed by atoms with E-state index in [1.165, 1.54) is 19.3 Å². The van der Waals surface area contributed by atoms with Gasteiger partial charge in [-0.25, -0.2) is 0 Å². The minimum atomic E-state index is -0.532. The summed E-state index contributed by atoms with van der Waals surface area (Å²) in [5, 5.41) is 13.8. The SMILES string of the molecule is CC(C)CCC(C)(O)CNC1CCC(C)C1. The number of nitrogens with one attached hydrogen (secondary N) is 1. The van der Waals surface area contributed by atoms with Gasteiger partial charge >= 0.3 is 0 Å². The number of hydrogen-bond acceptors (Lipinski definition) is 2. The van der Waals surface area contributed by atoms with Gasteiger partial charge in [0.15, 0.2) is 0 Å². The summed E-state index contributed by atoms with van der Waals surface area (Å²) in [5.74, 6) is 1.54. The third-order valence-corrected chi connectivity index (χ3v) is 3.73. The first-order chi connectivity index (χ1) is 7.39. The molecule has 0 heterocycles. The lowest BCUT2D eigenvalue weighted by Gasteiger charge is -2.26. The molecule has 0 amide bonds. The molecule has 0 aliphatic heterocycles. The maximum atomic E-state index is 10.2. The Morgan fingerprint density at radius 2 is 2.06 bits per heavy atom. The molecule has 0 aromatic heterocycles. The van der Waals surface area contributed by atoms with Crippen LogP contribution in [-0.4, -0.2) is 23.3 Å². The highest BCUT2D eigenvalue weighted by Crippen LogP contribution is 2.25. The van der Waals surface area contributed by atoms with Crippen molar-refractivity contribution in [2.24, 2.45) is 11.8 Å². The topological polar surface area (TPSA) is 32.3 Å². The first-order valence-electron chi connectivity index (χ1n) is 6.85. The third-order valence-electron chi connectivity index (χ3n) is 3.73. The maximum Gasteiger partial charge on any atom is 0.0743 e. The highest BCUT2D eigenvalue weighted by molar-refractivity contribution is 4.83. The van der Waals surface area contributed by atoms with Crippen LogP contribution in [0.2, 0.25) is 0 Å². The fourth-order valence-corrected chi connectivity index (χ4v) is 2.44. The molecule has 0 aromatic carbocycles. The molecule has 0 bridgehead atoms. The van der Waals surface area contributed by atoms with Crippen molar-refractivity contribution in [1.29, 1.82) is 0 Å². The molecule has 0 aromatic rings. The lowest BCUT2D eigenvalue weighted by atomic mass is 9.95. The Morgan fingerprint density at radius 1 is 1.38 bits per heavy atom. The Bertz CT molecular complexity index is 201. The van der Waals surface area contributed by atoms with Crippen molar-refractivity contribution in [2.45, 2.75) is 71.4 Å². The summed E-state index contributed by atoms with van der Waals surface area (Å²) in [4.78, 5) is 0.